The highest BCUT2D eigenvalue weighted by atomic mass is 15.2. The molecule has 1 aromatic heterocycles. The van der Waals surface area contributed by atoms with Gasteiger partial charge >= 0.3 is 0 Å². The number of anilines is 2. The zero-order chi connectivity index (χ0) is 13.8. The Morgan fingerprint density at radius 3 is 1.95 bits per heavy atom. The Kier molecular flexibility index (Phi) is 3.46. The van der Waals surface area contributed by atoms with Gasteiger partial charge in [0.1, 0.15) is 5.82 Å². The summed E-state index contributed by atoms with van der Waals surface area (Å²) in [6.07, 6.45) is 1.92. The maximum atomic E-state index is 4.56. The van der Waals surface area contributed by atoms with Crippen molar-refractivity contribution < 1.29 is 0 Å². The number of benzene rings is 2. The summed E-state index contributed by atoms with van der Waals surface area (Å²) in [5, 5.41) is 0. The standard InChI is InChI=1S/C18H16N2/c1-20(17-10-6-3-7-11-17)18-13-12-16(14-19-18)15-8-4-2-5-9-15/h2-14H,1H3. The van der Waals surface area contributed by atoms with Crippen LogP contribution in [0.25, 0.3) is 11.1 Å². The van der Waals surface area contributed by atoms with Gasteiger partial charge in [0.05, 0.1) is 0 Å². The minimum Gasteiger partial charge on any atom is -0.329 e. The van der Waals surface area contributed by atoms with Gasteiger partial charge in [-0.1, -0.05) is 48.5 Å². The Morgan fingerprint density at radius 1 is 0.700 bits per heavy atom. The maximum absolute atomic E-state index is 4.56. The van der Waals surface area contributed by atoms with Crippen molar-refractivity contribution in [1.82, 2.24) is 4.98 Å². The Hall–Kier alpha value is -2.61. The summed E-state index contributed by atoms with van der Waals surface area (Å²) in [6, 6.07) is 24.7. The predicted molar refractivity (Wildman–Crippen MR) is 84.2 cm³/mol. The molecule has 0 atom stereocenters. The van der Waals surface area contributed by atoms with E-state index in [1.165, 1.54) is 5.56 Å². The van der Waals surface area contributed by atoms with Crippen molar-refractivity contribution in [3.8, 4) is 11.1 Å². The first kappa shape index (κ1) is 12.4. The highest BCUT2D eigenvalue weighted by molar-refractivity contribution is 5.66. The topological polar surface area (TPSA) is 16.1 Å². The molecule has 0 saturated carbocycles. The zero-order valence-electron chi connectivity index (χ0n) is 11.4. The van der Waals surface area contributed by atoms with Crippen molar-refractivity contribution >= 4 is 11.5 Å². The lowest BCUT2D eigenvalue weighted by Crippen LogP contribution is -2.10. The smallest absolute Gasteiger partial charge is 0.132 e. The van der Waals surface area contributed by atoms with Crippen LogP contribution in [0.15, 0.2) is 79.0 Å². The molecule has 0 spiro atoms. The Balaban J connectivity index is 1.87. The fourth-order valence-electron chi connectivity index (χ4n) is 2.17. The molecule has 0 saturated heterocycles. The number of nitrogens with zero attached hydrogens (tertiary/aromatic N) is 2. The van der Waals surface area contributed by atoms with Gasteiger partial charge in [0.15, 0.2) is 0 Å². The second-order valence-corrected chi connectivity index (χ2v) is 4.67. The molecule has 2 heteroatoms. The van der Waals surface area contributed by atoms with E-state index in [1.54, 1.807) is 0 Å². The lowest BCUT2D eigenvalue weighted by molar-refractivity contribution is 1.13. The number of hydrogen-bond donors (Lipinski definition) is 0. The molecular formula is C18H16N2. The normalized spacial score (nSPS) is 10.2. The number of rotatable bonds is 3. The molecule has 3 aromatic rings. The lowest BCUT2D eigenvalue weighted by atomic mass is 10.1. The van der Waals surface area contributed by atoms with Crippen LogP contribution in [0.2, 0.25) is 0 Å². The summed E-state index contributed by atoms with van der Waals surface area (Å²) < 4.78 is 0. The molecule has 2 aromatic carbocycles. The van der Waals surface area contributed by atoms with Crippen LogP contribution >= 0.6 is 0 Å². The van der Waals surface area contributed by atoms with E-state index >= 15 is 0 Å². The fraction of sp³-hybridized carbons (Fsp3) is 0.0556. The summed E-state index contributed by atoms with van der Waals surface area (Å²) in [4.78, 5) is 6.64. The molecule has 0 unspecified atom stereocenters. The third-order valence-corrected chi connectivity index (χ3v) is 3.34. The first-order valence-corrected chi connectivity index (χ1v) is 6.65. The van der Waals surface area contributed by atoms with Crippen LogP contribution < -0.4 is 4.90 Å². The van der Waals surface area contributed by atoms with E-state index in [4.69, 9.17) is 0 Å². The van der Waals surface area contributed by atoms with Crippen molar-refractivity contribution in [1.29, 1.82) is 0 Å². The Labute approximate surface area is 119 Å². The first-order chi connectivity index (χ1) is 9.84. The lowest BCUT2D eigenvalue weighted by Gasteiger charge is -2.18. The van der Waals surface area contributed by atoms with E-state index in [9.17, 15) is 0 Å². The van der Waals surface area contributed by atoms with Gasteiger partial charge in [0.2, 0.25) is 0 Å². The third kappa shape index (κ3) is 2.54. The molecule has 0 amide bonds. The van der Waals surface area contributed by atoms with Gasteiger partial charge in [-0.15, -0.1) is 0 Å². The molecule has 1 heterocycles. The fourth-order valence-corrected chi connectivity index (χ4v) is 2.17. The van der Waals surface area contributed by atoms with Crippen molar-refractivity contribution in [2.75, 3.05) is 11.9 Å². The number of aromatic nitrogens is 1. The molecule has 0 fully saturated rings. The summed E-state index contributed by atoms with van der Waals surface area (Å²) >= 11 is 0. The SMILES string of the molecule is CN(c1ccccc1)c1ccc(-c2ccccc2)cn1. The second-order valence-electron chi connectivity index (χ2n) is 4.67. The summed E-state index contributed by atoms with van der Waals surface area (Å²) in [5.74, 6) is 0.941. The van der Waals surface area contributed by atoms with E-state index < -0.39 is 0 Å². The minimum atomic E-state index is 0.941. The summed E-state index contributed by atoms with van der Waals surface area (Å²) in [7, 11) is 2.03. The van der Waals surface area contributed by atoms with E-state index in [1.807, 2.05) is 49.6 Å². The van der Waals surface area contributed by atoms with Crippen LogP contribution in [-0.2, 0) is 0 Å². The molecule has 0 aliphatic carbocycles. The molecule has 0 aliphatic rings. The van der Waals surface area contributed by atoms with Crippen molar-refractivity contribution in [2.24, 2.45) is 0 Å². The average molecular weight is 260 g/mol. The molecule has 2 nitrogen and oxygen atoms in total. The van der Waals surface area contributed by atoms with Gasteiger partial charge in [0.25, 0.3) is 0 Å². The predicted octanol–water partition coefficient (Wildman–Crippen LogP) is 4.52. The molecule has 0 bridgehead atoms. The van der Waals surface area contributed by atoms with Gasteiger partial charge in [-0.25, -0.2) is 4.98 Å². The Bertz CT molecular complexity index is 661. The first-order valence-electron chi connectivity index (χ1n) is 6.65. The van der Waals surface area contributed by atoms with Crippen molar-refractivity contribution in [3.63, 3.8) is 0 Å². The Morgan fingerprint density at radius 2 is 1.35 bits per heavy atom. The van der Waals surface area contributed by atoms with Gasteiger partial charge < -0.3 is 4.90 Å². The second kappa shape index (κ2) is 5.57. The van der Waals surface area contributed by atoms with Crippen LogP contribution in [0.3, 0.4) is 0 Å². The monoisotopic (exact) mass is 260 g/mol. The largest absolute Gasteiger partial charge is 0.329 e. The molecule has 3 rings (SSSR count). The average Bonchev–Trinajstić information content (AvgIpc) is 2.56. The van der Waals surface area contributed by atoms with Gasteiger partial charge in [-0.3, -0.25) is 0 Å². The molecule has 98 valence electrons. The maximum Gasteiger partial charge on any atom is 0.132 e. The van der Waals surface area contributed by atoms with Crippen LogP contribution in [0, 0.1) is 0 Å². The van der Waals surface area contributed by atoms with Gasteiger partial charge in [-0.05, 0) is 29.8 Å². The van der Waals surface area contributed by atoms with Crippen LogP contribution in [-0.4, -0.2) is 12.0 Å². The van der Waals surface area contributed by atoms with Gasteiger partial charge in [0, 0.05) is 24.5 Å². The van der Waals surface area contributed by atoms with E-state index in [-0.39, 0.29) is 0 Å². The molecular weight excluding hydrogens is 244 g/mol. The highest BCUT2D eigenvalue weighted by Crippen LogP contribution is 2.24. The van der Waals surface area contributed by atoms with Crippen LogP contribution in [0.1, 0.15) is 0 Å². The van der Waals surface area contributed by atoms with E-state index in [0.29, 0.717) is 0 Å². The number of hydrogen-bond acceptors (Lipinski definition) is 2. The molecule has 20 heavy (non-hydrogen) atoms. The van der Waals surface area contributed by atoms with Crippen LogP contribution in [0.4, 0.5) is 11.5 Å². The van der Waals surface area contributed by atoms with Crippen LogP contribution in [0.5, 0.6) is 0 Å². The molecule has 0 radical (unpaired) electrons. The summed E-state index contributed by atoms with van der Waals surface area (Å²) in [5.41, 5.74) is 3.46. The third-order valence-electron chi connectivity index (χ3n) is 3.34. The quantitative estimate of drug-likeness (QED) is 0.688. The van der Waals surface area contributed by atoms with Gasteiger partial charge in [-0.2, -0.15) is 0 Å². The van der Waals surface area contributed by atoms with E-state index in [2.05, 4.69) is 46.3 Å². The van der Waals surface area contributed by atoms with Crippen molar-refractivity contribution in [3.05, 3.63) is 79.0 Å². The highest BCUT2D eigenvalue weighted by Gasteiger charge is 2.05. The number of pyridine rings is 1. The van der Waals surface area contributed by atoms with E-state index in [0.717, 1.165) is 17.1 Å². The molecule has 0 N–H and O–H groups in total. The minimum absolute atomic E-state index is 0.941. The zero-order valence-corrected chi connectivity index (χ0v) is 11.4. The molecule has 0 aliphatic heterocycles. The van der Waals surface area contributed by atoms with Crippen molar-refractivity contribution in [2.45, 2.75) is 0 Å². The summed E-state index contributed by atoms with van der Waals surface area (Å²) in [6.45, 7) is 0. The number of para-hydroxylation sites is 1.